The van der Waals surface area contributed by atoms with Gasteiger partial charge in [-0.1, -0.05) is 18.2 Å². The number of rotatable bonds is 6. The molecular formula is C13H19NO4. The van der Waals surface area contributed by atoms with Crippen LogP contribution in [0.25, 0.3) is 0 Å². The number of methoxy groups -OCH3 is 2. The molecule has 5 nitrogen and oxygen atoms in total. The van der Waals surface area contributed by atoms with Crippen LogP contribution in [-0.2, 0) is 19.1 Å². The summed E-state index contributed by atoms with van der Waals surface area (Å²) in [4.78, 5) is 24.4. The first-order valence-electron chi connectivity index (χ1n) is 5.36. The van der Waals surface area contributed by atoms with Crippen LogP contribution in [0.1, 0.15) is 6.42 Å². The van der Waals surface area contributed by atoms with Gasteiger partial charge in [-0.2, -0.15) is 0 Å². The third kappa shape index (κ3) is 7.27. The quantitative estimate of drug-likeness (QED) is 0.405. The van der Waals surface area contributed by atoms with Gasteiger partial charge in [0.2, 0.25) is 0 Å². The summed E-state index contributed by atoms with van der Waals surface area (Å²) >= 11 is 0. The van der Waals surface area contributed by atoms with E-state index in [-0.39, 0.29) is 12.0 Å². The Kier molecular flexibility index (Phi) is 8.01. The SMILES string of the molecule is COC(=O)C/C(=C/C=C/C=C/N(C)C)C(=O)OC. The molecule has 18 heavy (non-hydrogen) atoms. The summed E-state index contributed by atoms with van der Waals surface area (Å²) in [6.07, 6.45) is 8.50. The van der Waals surface area contributed by atoms with E-state index in [1.54, 1.807) is 12.2 Å². The molecule has 0 heterocycles. The number of carbonyl (C=O) groups excluding carboxylic acids is 2. The predicted molar refractivity (Wildman–Crippen MR) is 68.7 cm³/mol. The highest BCUT2D eigenvalue weighted by molar-refractivity contribution is 5.94. The third-order valence-corrected chi connectivity index (χ3v) is 1.91. The average molecular weight is 253 g/mol. The lowest BCUT2D eigenvalue weighted by atomic mass is 10.1. The van der Waals surface area contributed by atoms with E-state index in [0.29, 0.717) is 0 Å². The summed E-state index contributed by atoms with van der Waals surface area (Å²) < 4.78 is 9.08. The molecule has 100 valence electrons. The molecule has 0 bridgehead atoms. The first-order valence-corrected chi connectivity index (χ1v) is 5.36. The molecule has 0 aromatic heterocycles. The van der Waals surface area contributed by atoms with Crippen molar-refractivity contribution in [2.24, 2.45) is 0 Å². The normalized spacial score (nSPS) is 11.9. The van der Waals surface area contributed by atoms with Crippen molar-refractivity contribution in [1.29, 1.82) is 0 Å². The zero-order valence-electron chi connectivity index (χ0n) is 11.2. The maximum atomic E-state index is 11.4. The lowest BCUT2D eigenvalue weighted by Crippen LogP contribution is -2.10. The average Bonchev–Trinajstić information content (AvgIpc) is 2.35. The Hall–Kier alpha value is -2.04. The molecule has 0 radical (unpaired) electrons. The second kappa shape index (κ2) is 9.04. The fraction of sp³-hybridized carbons (Fsp3) is 0.385. The van der Waals surface area contributed by atoms with Crippen LogP contribution >= 0.6 is 0 Å². The van der Waals surface area contributed by atoms with Gasteiger partial charge in [0.05, 0.1) is 20.6 Å². The molecular weight excluding hydrogens is 234 g/mol. The van der Waals surface area contributed by atoms with Crippen molar-refractivity contribution in [1.82, 2.24) is 4.90 Å². The van der Waals surface area contributed by atoms with E-state index in [0.717, 1.165) is 0 Å². The fourth-order valence-electron chi connectivity index (χ4n) is 1.02. The molecule has 0 saturated carbocycles. The highest BCUT2D eigenvalue weighted by Gasteiger charge is 2.13. The van der Waals surface area contributed by atoms with Crippen molar-refractivity contribution in [2.45, 2.75) is 6.42 Å². The zero-order valence-corrected chi connectivity index (χ0v) is 11.2. The van der Waals surface area contributed by atoms with Gasteiger partial charge in [-0.05, 0) is 12.3 Å². The number of hydrogen-bond acceptors (Lipinski definition) is 5. The lowest BCUT2D eigenvalue weighted by molar-refractivity contribution is -0.143. The molecule has 0 spiro atoms. The van der Waals surface area contributed by atoms with Gasteiger partial charge >= 0.3 is 11.9 Å². The van der Waals surface area contributed by atoms with Crippen LogP contribution in [-0.4, -0.2) is 45.2 Å². The van der Waals surface area contributed by atoms with E-state index in [1.807, 2.05) is 31.3 Å². The van der Waals surface area contributed by atoms with Gasteiger partial charge in [0.15, 0.2) is 0 Å². The van der Waals surface area contributed by atoms with Crippen LogP contribution in [0, 0.1) is 0 Å². The van der Waals surface area contributed by atoms with Crippen LogP contribution in [0.4, 0.5) is 0 Å². The van der Waals surface area contributed by atoms with Crippen molar-refractivity contribution >= 4 is 11.9 Å². The first kappa shape index (κ1) is 16.0. The van der Waals surface area contributed by atoms with Gasteiger partial charge in [0, 0.05) is 19.7 Å². The summed E-state index contributed by atoms with van der Waals surface area (Å²) in [5.74, 6) is -1.02. The first-order chi connectivity index (χ1) is 8.51. The van der Waals surface area contributed by atoms with Crippen molar-refractivity contribution in [3.63, 3.8) is 0 Å². The van der Waals surface area contributed by atoms with Gasteiger partial charge in [-0.3, -0.25) is 4.79 Å². The highest BCUT2D eigenvalue weighted by Crippen LogP contribution is 2.05. The minimum Gasteiger partial charge on any atom is -0.469 e. The smallest absolute Gasteiger partial charge is 0.334 e. The molecule has 0 amide bonds. The standard InChI is InChI=1S/C13H19NO4/c1-14(2)9-7-5-6-8-11(13(16)18-4)10-12(15)17-3/h5-9H,10H2,1-4H3/b6-5+,9-7+,11-8-. The molecule has 0 aliphatic carbocycles. The van der Waals surface area contributed by atoms with Crippen molar-refractivity contribution < 1.29 is 19.1 Å². The van der Waals surface area contributed by atoms with E-state index < -0.39 is 11.9 Å². The molecule has 0 aromatic carbocycles. The number of ether oxygens (including phenoxy) is 2. The zero-order chi connectivity index (χ0) is 14.0. The highest BCUT2D eigenvalue weighted by atomic mass is 16.5. The number of hydrogen-bond donors (Lipinski definition) is 0. The second-order valence-corrected chi connectivity index (χ2v) is 3.63. The Morgan fingerprint density at radius 3 is 2.22 bits per heavy atom. The van der Waals surface area contributed by atoms with Crippen LogP contribution in [0.3, 0.4) is 0 Å². The molecule has 0 aliphatic heterocycles. The Bertz CT molecular complexity index is 367. The molecule has 5 heteroatoms. The lowest BCUT2D eigenvalue weighted by Gasteiger charge is -2.02. The second-order valence-electron chi connectivity index (χ2n) is 3.63. The Labute approximate surface area is 107 Å². The molecule has 0 aliphatic rings. The van der Waals surface area contributed by atoms with E-state index in [4.69, 9.17) is 0 Å². The van der Waals surface area contributed by atoms with Gasteiger partial charge in [0.1, 0.15) is 0 Å². The van der Waals surface area contributed by atoms with E-state index in [1.165, 1.54) is 20.3 Å². The van der Waals surface area contributed by atoms with Crippen LogP contribution in [0.2, 0.25) is 0 Å². The van der Waals surface area contributed by atoms with E-state index in [9.17, 15) is 9.59 Å². The number of esters is 2. The minimum absolute atomic E-state index is 0.106. The molecule has 0 saturated heterocycles. The summed E-state index contributed by atoms with van der Waals surface area (Å²) in [6.45, 7) is 0. The molecule has 0 N–H and O–H groups in total. The van der Waals surface area contributed by atoms with Gasteiger partial charge in [-0.15, -0.1) is 0 Å². The molecule has 0 rings (SSSR count). The topological polar surface area (TPSA) is 55.8 Å². The van der Waals surface area contributed by atoms with Crippen LogP contribution in [0.5, 0.6) is 0 Å². The van der Waals surface area contributed by atoms with E-state index >= 15 is 0 Å². The van der Waals surface area contributed by atoms with Gasteiger partial charge < -0.3 is 14.4 Å². The maximum absolute atomic E-state index is 11.4. The van der Waals surface area contributed by atoms with Crippen LogP contribution in [0.15, 0.2) is 36.1 Å². The van der Waals surface area contributed by atoms with Gasteiger partial charge in [-0.25, -0.2) is 4.79 Å². The number of allylic oxidation sites excluding steroid dienone is 4. The van der Waals surface area contributed by atoms with Crippen molar-refractivity contribution in [2.75, 3.05) is 28.3 Å². The third-order valence-electron chi connectivity index (χ3n) is 1.91. The number of nitrogens with zero attached hydrogens (tertiary/aromatic N) is 1. The Morgan fingerprint density at radius 2 is 1.72 bits per heavy atom. The van der Waals surface area contributed by atoms with Crippen molar-refractivity contribution in [3.05, 3.63) is 36.1 Å². The molecule has 0 atom stereocenters. The summed E-state index contributed by atoms with van der Waals surface area (Å²) in [7, 11) is 6.34. The maximum Gasteiger partial charge on any atom is 0.334 e. The Balaban J connectivity index is 4.65. The Morgan fingerprint density at radius 1 is 1.06 bits per heavy atom. The number of carbonyl (C=O) groups is 2. The van der Waals surface area contributed by atoms with Gasteiger partial charge in [0.25, 0.3) is 0 Å². The minimum atomic E-state index is -0.540. The summed E-state index contributed by atoms with van der Waals surface area (Å²) in [5, 5.41) is 0. The fourth-order valence-corrected chi connectivity index (χ4v) is 1.02. The van der Waals surface area contributed by atoms with Crippen LogP contribution < -0.4 is 0 Å². The van der Waals surface area contributed by atoms with E-state index in [2.05, 4.69) is 9.47 Å². The largest absolute Gasteiger partial charge is 0.469 e. The summed E-state index contributed by atoms with van der Waals surface area (Å²) in [5.41, 5.74) is 0.249. The summed E-state index contributed by atoms with van der Waals surface area (Å²) in [6, 6.07) is 0. The molecule has 0 unspecified atom stereocenters. The predicted octanol–water partition coefficient (Wildman–Crippen LogP) is 1.28. The van der Waals surface area contributed by atoms with Crippen molar-refractivity contribution in [3.8, 4) is 0 Å². The monoisotopic (exact) mass is 253 g/mol. The molecule has 0 fully saturated rings. The molecule has 0 aromatic rings.